The van der Waals surface area contributed by atoms with Crippen molar-refractivity contribution in [1.29, 1.82) is 0 Å². The van der Waals surface area contributed by atoms with Gasteiger partial charge in [-0.15, -0.1) is 0 Å². The van der Waals surface area contributed by atoms with E-state index in [1.807, 2.05) is 28.8 Å². The highest BCUT2D eigenvalue weighted by atomic mass is 35.5. The molecule has 30 heavy (non-hydrogen) atoms. The Morgan fingerprint density at radius 3 is 2.53 bits per heavy atom. The maximum atomic E-state index is 12.4. The number of nitrogens with one attached hydrogen (secondary N) is 1. The van der Waals surface area contributed by atoms with Gasteiger partial charge in [-0.3, -0.25) is 9.36 Å². The van der Waals surface area contributed by atoms with Crippen molar-refractivity contribution in [2.45, 2.75) is 58.2 Å². The number of hydrogen-bond acceptors (Lipinski definition) is 5. The van der Waals surface area contributed by atoms with Gasteiger partial charge >= 0.3 is 0 Å². The fourth-order valence-corrected chi connectivity index (χ4v) is 5.39. The second-order valence-corrected chi connectivity index (χ2v) is 10.7. The molecule has 1 fully saturated rings. The average molecular weight is 471 g/mol. The van der Waals surface area contributed by atoms with Crippen molar-refractivity contribution in [3.8, 4) is 11.4 Å². The molecular formula is C20H27ClN4O3S2. The lowest BCUT2D eigenvalue weighted by Crippen LogP contribution is -2.41. The number of aryl methyl sites for hydroxylation is 1. The quantitative estimate of drug-likeness (QED) is 0.595. The fourth-order valence-electron chi connectivity index (χ4n) is 3.46. The zero-order valence-corrected chi connectivity index (χ0v) is 19.4. The van der Waals surface area contributed by atoms with E-state index in [4.69, 9.17) is 23.8 Å². The summed E-state index contributed by atoms with van der Waals surface area (Å²) in [6, 6.07) is 7.38. The summed E-state index contributed by atoms with van der Waals surface area (Å²) in [4.78, 5) is 12.4. The molecule has 1 saturated heterocycles. The normalized spacial score (nSPS) is 16.5. The molecular weight excluding hydrogens is 444 g/mol. The van der Waals surface area contributed by atoms with E-state index < -0.39 is 9.84 Å². The van der Waals surface area contributed by atoms with Crippen molar-refractivity contribution in [3.05, 3.63) is 34.1 Å². The third kappa shape index (κ3) is 5.92. The van der Waals surface area contributed by atoms with Crippen LogP contribution in [0.3, 0.4) is 0 Å². The van der Waals surface area contributed by atoms with E-state index in [9.17, 15) is 13.2 Å². The molecule has 0 radical (unpaired) electrons. The molecule has 1 aromatic carbocycles. The summed E-state index contributed by atoms with van der Waals surface area (Å²) < 4.78 is 27.3. The SMILES string of the molecule is CCCCn1c(-c2ccc(Cl)cc2)nn(CCC(=O)NC2CCS(=O)(=O)CC2)c1=S. The second-order valence-electron chi connectivity index (χ2n) is 7.59. The van der Waals surface area contributed by atoms with Crippen LogP contribution in [0.5, 0.6) is 0 Å². The minimum atomic E-state index is -2.94. The van der Waals surface area contributed by atoms with Gasteiger partial charge in [-0.25, -0.2) is 13.1 Å². The molecule has 1 amide bonds. The largest absolute Gasteiger partial charge is 0.353 e. The van der Waals surface area contributed by atoms with Crippen molar-refractivity contribution >= 4 is 39.6 Å². The third-order valence-electron chi connectivity index (χ3n) is 5.23. The van der Waals surface area contributed by atoms with Gasteiger partial charge in [0.25, 0.3) is 0 Å². The van der Waals surface area contributed by atoms with Crippen LogP contribution >= 0.6 is 23.8 Å². The number of sulfone groups is 1. The van der Waals surface area contributed by atoms with Gasteiger partial charge in [-0.2, -0.15) is 5.10 Å². The number of unbranched alkanes of at least 4 members (excludes halogenated alkanes) is 1. The number of carbonyl (C=O) groups excluding carboxylic acids is 1. The molecule has 164 valence electrons. The standard InChI is InChI=1S/C20H27ClN4O3S2/c1-2-3-11-24-19(15-4-6-16(21)7-5-15)23-25(20(24)29)12-8-18(26)22-17-9-13-30(27,28)14-10-17/h4-7,17H,2-3,8-14H2,1H3,(H,22,26). The van der Waals surface area contributed by atoms with Crippen LogP contribution in [0.15, 0.2) is 24.3 Å². The Balaban J connectivity index is 1.69. The molecule has 0 unspecified atom stereocenters. The minimum Gasteiger partial charge on any atom is -0.353 e. The number of halogens is 1. The van der Waals surface area contributed by atoms with Crippen molar-refractivity contribution in [1.82, 2.24) is 19.7 Å². The maximum absolute atomic E-state index is 12.4. The zero-order chi connectivity index (χ0) is 21.7. The summed E-state index contributed by atoms with van der Waals surface area (Å²) >= 11 is 11.6. The predicted octanol–water partition coefficient (Wildman–Crippen LogP) is 3.62. The Bertz CT molecular complexity index is 1030. The van der Waals surface area contributed by atoms with E-state index in [0.29, 0.717) is 29.2 Å². The zero-order valence-electron chi connectivity index (χ0n) is 17.0. The molecule has 2 heterocycles. The Morgan fingerprint density at radius 1 is 1.23 bits per heavy atom. The number of amides is 1. The first-order valence-electron chi connectivity index (χ1n) is 10.2. The number of nitrogens with zero attached hydrogens (tertiary/aromatic N) is 3. The maximum Gasteiger partial charge on any atom is 0.222 e. The van der Waals surface area contributed by atoms with Crippen LogP contribution in [0.25, 0.3) is 11.4 Å². The summed E-state index contributed by atoms with van der Waals surface area (Å²) in [6.07, 6.45) is 3.19. The summed E-state index contributed by atoms with van der Waals surface area (Å²) in [5.41, 5.74) is 0.924. The van der Waals surface area contributed by atoms with Crippen molar-refractivity contribution in [3.63, 3.8) is 0 Å². The van der Waals surface area contributed by atoms with E-state index in [-0.39, 0.29) is 29.9 Å². The molecule has 1 aliphatic heterocycles. The van der Waals surface area contributed by atoms with E-state index in [1.165, 1.54) is 0 Å². The van der Waals surface area contributed by atoms with E-state index in [1.54, 1.807) is 4.68 Å². The molecule has 7 nitrogen and oxygen atoms in total. The molecule has 0 spiro atoms. The Hall–Kier alpha value is -1.71. The smallest absolute Gasteiger partial charge is 0.222 e. The monoisotopic (exact) mass is 470 g/mol. The first-order valence-corrected chi connectivity index (χ1v) is 12.8. The first kappa shape index (κ1) is 23.0. The van der Waals surface area contributed by atoms with Crippen LogP contribution < -0.4 is 5.32 Å². The summed E-state index contributed by atoms with van der Waals surface area (Å²) in [5, 5.41) is 8.27. The number of aromatic nitrogens is 3. The first-order chi connectivity index (χ1) is 14.3. The molecule has 0 aliphatic carbocycles. The number of carbonyl (C=O) groups is 1. The summed E-state index contributed by atoms with van der Waals surface area (Å²) in [5.74, 6) is 0.922. The topological polar surface area (TPSA) is 86.0 Å². The summed E-state index contributed by atoms with van der Waals surface area (Å²) in [7, 11) is -2.94. The van der Waals surface area contributed by atoms with Gasteiger partial charge in [0.2, 0.25) is 5.91 Å². The van der Waals surface area contributed by atoms with Gasteiger partial charge < -0.3 is 5.32 Å². The van der Waals surface area contributed by atoms with Crippen LogP contribution in [0.1, 0.15) is 39.0 Å². The van der Waals surface area contributed by atoms with Gasteiger partial charge in [-0.05, 0) is 55.7 Å². The van der Waals surface area contributed by atoms with E-state index in [2.05, 4.69) is 17.3 Å². The third-order valence-corrected chi connectivity index (χ3v) is 7.63. The van der Waals surface area contributed by atoms with Crippen molar-refractivity contribution < 1.29 is 13.2 Å². The van der Waals surface area contributed by atoms with Crippen molar-refractivity contribution in [2.75, 3.05) is 11.5 Å². The van der Waals surface area contributed by atoms with Crippen molar-refractivity contribution in [2.24, 2.45) is 0 Å². The van der Waals surface area contributed by atoms with Crippen LogP contribution in [0.4, 0.5) is 0 Å². The minimum absolute atomic E-state index is 0.0827. The van der Waals surface area contributed by atoms with Crippen LogP contribution in [-0.2, 0) is 27.7 Å². The highest BCUT2D eigenvalue weighted by Crippen LogP contribution is 2.21. The molecule has 10 heteroatoms. The second kappa shape index (κ2) is 10.1. The molecule has 0 saturated carbocycles. The molecule has 3 rings (SSSR count). The number of hydrogen-bond donors (Lipinski definition) is 1. The molecule has 1 aliphatic rings. The number of rotatable bonds is 8. The molecule has 0 atom stereocenters. The molecule has 0 bridgehead atoms. The van der Waals surface area contributed by atoms with Gasteiger partial charge in [0, 0.05) is 29.6 Å². The van der Waals surface area contributed by atoms with E-state index >= 15 is 0 Å². The lowest BCUT2D eigenvalue weighted by Gasteiger charge is -2.22. The predicted molar refractivity (Wildman–Crippen MR) is 121 cm³/mol. The van der Waals surface area contributed by atoms with Crippen LogP contribution in [0.2, 0.25) is 5.02 Å². The molecule has 2 aromatic rings. The van der Waals surface area contributed by atoms with Crippen LogP contribution in [-0.4, -0.2) is 46.2 Å². The highest BCUT2D eigenvalue weighted by Gasteiger charge is 2.24. The van der Waals surface area contributed by atoms with Gasteiger partial charge in [0.05, 0.1) is 18.1 Å². The van der Waals surface area contributed by atoms with Gasteiger partial charge in [-0.1, -0.05) is 24.9 Å². The molecule has 1 aromatic heterocycles. The Kier molecular flexibility index (Phi) is 7.70. The fraction of sp³-hybridized carbons (Fsp3) is 0.550. The Morgan fingerprint density at radius 2 is 1.90 bits per heavy atom. The summed E-state index contributed by atoms with van der Waals surface area (Å²) in [6.45, 7) is 3.25. The lowest BCUT2D eigenvalue weighted by atomic mass is 10.1. The van der Waals surface area contributed by atoms with E-state index in [0.717, 1.165) is 30.8 Å². The van der Waals surface area contributed by atoms with Crippen LogP contribution in [0, 0.1) is 4.77 Å². The van der Waals surface area contributed by atoms with Gasteiger partial charge in [0.1, 0.15) is 9.84 Å². The highest BCUT2D eigenvalue weighted by molar-refractivity contribution is 7.91. The molecule has 1 N–H and O–H groups in total. The Labute approximate surface area is 187 Å². The average Bonchev–Trinajstić information content (AvgIpc) is 3.02. The lowest BCUT2D eigenvalue weighted by molar-refractivity contribution is -0.122. The number of benzene rings is 1. The van der Waals surface area contributed by atoms with Gasteiger partial charge in [0.15, 0.2) is 10.6 Å².